The van der Waals surface area contributed by atoms with Gasteiger partial charge in [-0.2, -0.15) is 5.10 Å². The smallest absolute Gasteiger partial charge is 0.355 e. The van der Waals surface area contributed by atoms with E-state index in [1.54, 1.807) is 23.2 Å². The monoisotopic (exact) mass is 628 g/mol. The van der Waals surface area contributed by atoms with E-state index >= 15 is 0 Å². The molecule has 0 aliphatic carbocycles. The van der Waals surface area contributed by atoms with Gasteiger partial charge in [-0.1, -0.05) is 97.0 Å². The fourth-order valence-corrected chi connectivity index (χ4v) is 6.28. The maximum Gasteiger partial charge on any atom is 0.355 e. The van der Waals surface area contributed by atoms with E-state index in [0.29, 0.717) is 26.1 Å². The number of nitrogens with zero attached hydrogens (tertiary/aromatic N) is 2. The van der Waals surface area contributed by atoms with Crippen LogP contribution < -0.4 is 5.01 Å². The predicted octanol–water partition coefficient (Wildman–Crippen LogP) is 7.83. The number of alkyl halides is 1. The average Bonchev–Trinajstić information content (AvgIpc) is 3.15. The summed E-state index contributed by atoms with van der Waals surface area (Å²) in [6, 6.07) is 19.9. The number of methoxy groups -OCH3 is 1. The lowest BCUT2D eigenvalue weighted by atomic mass is 9.70. The largest absolute Gasteiger partial charge is 0.464 e. The molecule has 33 heavy (non-hydrogen) atoms. The third-order valence-corrected chi connectivity index (χ3v) is 7.99. The molecule has 0 fully saturated rings. The van der Waals surface area contributed by atoms with E-state index < -0.39 is 17.4 Å². The molecular weight excluding hydrogens is 614 g/mol. The number of anilines is 1. The minimum absolute atomic E-state index is 0.250. The highest BCUT2D eigenvalue weighted by Crippen LogP contribution is 2.53. The molecule has 0 spiro atoms. The number of hydrazone groups is 1. The van der Waals surface area contributed by atoms with Gasteiger partial charge in [0.15, 0.2) is 5.71 Å². The number of ether oxygens (including phenoxy) is 1. The summed E-state index contributed by atoms with van der Waals surface area (Å²) in [4.78, 5) is 13.1. The van der Waals surface area contributed by atoms with Gasteiger partial charge in [-0.3, -0.25) is 5.01 Å². The van der Waals surface area contributed by atoms with Gasteiger partial charge in [0.1, 0.15) is 0 Å². The van der Waals surface area contributed by atoms with Gasteiger partial charge >= 0.3 is 5.97 Å². The minimum Gasteiger partial charge on any atom is -0.464 e. The molecule has 2 atom stereocenters. The number of benzene rings is 3. The number of carbonyl (C=O) groups is 1. The van der Waals surface area contributed by atoms with Crippen LogP contribution in [-0.2, 0) is 14.9 Å². The lowest BCUT2D eigenvalue weighted by molar-refractivity contribution is -0.133. The van der Waals surface area contributed by atoms with Gasteiger partial charge in [-0.05, 0) is 47.5 Å². The molecule has 0 N–H and O–H groups in total. The number of hydrogen-bond donors (Lipinski definition) is 0. The van der Waals surface area contributed by atoms with Crippen LogP contribution in [0.15, 0.2) is 76.3 Å². The second kappa shape index (κ2) is 9.96. The molecule has 0 saturated heterocycles. The maximum absolute atomic E-state index is 13.1. The average molecular weight is 632 g/mol. The summed E-state index contributed by atoms with van der Waals surface area (Å²) in [5.74, 6) is -0.531. The Hall–Kier alpha value is -1.57. The van der Waals surface area contributed by atoms with Crippen LogP contribution in [0.3, 0.4) is 0 Å². The maximum atomic E-state index is 13.1. The van der Waals surface area contributed by atoms with E-state index in [1.807, 2.05) is 48.5 Å². The first-order valence-corrected chi connectivity index (χ1v) is 12.9. The molecule has 3 aromatic carbocycles. The minimum atomic E-state index is -0.927. The molecule has 0 saturated carbocycles. The van der Waals surface area contributed by atoms with Gasteiger partial charge in [0, 0.05) is 19.8 Å². The van der Waals surface area contributed by atoms with Gasteiger partial charge in [-0.25, -0.2) is 4.79 Å². The topological polar surface area (TPSA) is 41.9 Å². The Morgan fingerprint density at radius 3 is 2.33 bits per heavy atom. The highest BCUT2D eigenvalue weighted by atomic mass is 79.9. The lowest BCUT2D eigenvalue weighted by Crippen LogP contribution is -2.46. The van der Waals surface area contributed by atoms with E-state index in [4.69, 9.17) is 44.6 Å². The summed E-state index contributed by atoms with van der Waals surface area (Å²) in [7, 11) is 1.35. The van der Waals surface area contributed by atoms with Gasteiger partial charge < -0.3 is 4.74 Å². The molecular formula is C24H17Br2Cl3N2O2. The third-order valence-electron chi connectivity index (χ3n) is 5.63. The Bertz CT molecular complexity index is 1240. The van der Waals surface area contributed by atoms with Crippen molar-refractivity contribution < 1.29 is 9.53 Å². The van der Waals surface area contributed by atoms with Crippen molar-refractivity contribution >= 4 is 84.0 Å². The number of hydrogen-bond acceptors (Lipinski definition) is 4. The first-order valence-electron chi connectivity index (χ1n) is 9.81. The highest BCUT2D eigenvalue weighted by Gasteiger charge is 2.56. The van der Waals surface area contributed by atoms with Crippen LogP contribution in [-0.4, -0.2) is 24.1 Å². The van der Waals surface area contributed by atoms with E-state index in [9.17, 15) is 4.79 Å². The lowest BCUT2D eigenvalue weighted by Gasteiger charge is -2.38. The second-order valence-corrected chi connectivity index (χ2v) is 10.1. The van der Waals surface area contributed by atoms with Crippen LogP contribution in [0.25, 0.3) is 0 Å². The summed E-state index contributed by atoms with van der Waals surface area (Å²) < 4.78 is 6.02. The number of esters is 1. The summed E-state index contributed by atoms with van der Waals surface area (Å²) in [6.45, 7) is 0. The van der Waals surface area contributed by atoms with Crippen LogP contribution >= 0.6 is 66.7 Å². The molecule has 1 aliphatic rings. The SMILES string of the molecule is COC(=O)C1=NN(c2ccc(Cl)cc2Cl)C(c2ccc(Cl)cc2)C1(CBr)c1ccccc1Br. The predicted molar refractivity (Wildman–Crippen MR) is 142 cm³/mol. The normalized spacial score (nSPS) is 20.0. The van der Waals surface area contributed by atoms with Crippen molar-refractivity contribution in [2.45, 2.75) is 11.5 Å². The molecule has 170 valence electrons. The van der Waals surface area contributed by atoms with Crippen molar-refractivity contribution in [1.82, 2.24) is 0 Å². The molecule has 0 amide bonds. The Labute approximate surface area is 223 Å². The van der Waals surface area contributed by atoms with E-state index in [1.165, 1.54) is 7.11 Å². The Morgan fingerprint density at radius 1 is 1.06 bits per heavy atom. The van der Waals surface area contributed by atoms with Crippen molar-refractivity contribution in [2.75, 3.05) is 17.4 Å². The van der Waals surface area contributed by atoms with Crippen LogP contribution in [0.1, 0.15) is 17.2 Å². The molecule has 1 aliphatic heterocycles. The molecule has 0 radical (unpaired) electrons. The van der Waals surface area contributed by atoms with Crippen molar-refractivity contribution in [2.24, 2.45) is 5.10 Å². The summed E-state index contributed by atoms with van der Waals surface area (Å²) in [5.41, 5.74) is 1.70. The van der Waals surface area contributed by atoms with Gasteiger partial charge in [-0.15, -0.1) is 0 Å². The first-order chi connectivity index (χ1) is 15.8. The van der Waals surface area contributed by atoms with Gasteiger partial charge in [0.2, 0.25) is 0 Å². The fraction of sp³-hybridized carbons (Fsp3) is 0.167. The number of halogens is 5. The van der Waals surface area contributed by atoms with Crippen LogP contribution in [0, 0.1) is 0 Å². The number of rotatable bonds is 5. The highest BCUT2D eigenvalue weighted by molar-refractivity contribution is 9.10. The second-order valence-electron chi connectivity index (χ2n) is 7.42. The zero-order valence-electron chi connectivity index (χ0n) is 17.2. The van der Waals surface area contributed by atoms with Crippen molar-refractivity contribution in [3.63, 3.8) is 0 Å². The Balaban J connectivity index is 2.06. The van der Waals surface area contributed by atoms with Crippen LogP contribution in [0.4, 0.5) is 5.69 Å². The van der Waals surface area contributed by atoms with Crippen LogP contribution in [0.2, 0.25) is 15.1 Å². The zero-order valence-corrected chi connectivity index (χ0v) is 22.7. The van der Waals surface area contributed by atoms with Crippen molar-refractivity contribution in [3.05, 3.63) is 97.4 Å². The van der Waals surface area contributed by atoms with Crippen molar-refractivity contribution in [3.8, 4) is 0 Å². The summed E-state index contributed by atoms with van der Waals surface area (Å²) in [6.07, 6.45) is 0. The number of carbonyl (C=O) groups excluding carboxylic acids is 1. The van der Waals surface area contributed by atoms with Gasteiger partial charge in [0.25, 0.3) is 0 Å². The molecule has 0 bridgehead atoms. The summed E-state index contributed by atoms with van der Waals surface area (Å²) in [5, 5.41) is 8.46. The molecule has 0 aromatic heterocycles. The quantitative estimate of drug-likeness (QED) is 0.213. The molecule has 2 unspecified atom stereocenters. The zero-order chi connectivity index (χ0) is 23.8. The molecule has 1 heterocycles. The van der Waals surface area contributed by atoms with Gasteiger partial charge in [0.05, 0.1) is 29.3 Å². The van der Waals surface area contributed by atoms with E-state index in [-0.39, 0.29) is 5.71 Å². The Kier molecular flexibility index (Phi) is 7.41. The third kappa shape index (κ3) is 4.32. The molecule has 4 rings (SSSR count). The molecule has 4 nitrogen and oxygen atoms in total. The molecule has 9 heteroatoms. The first kappa shape index (κ1) is 24.6. The fourth-order valence-electron chi connectivity index (χ4n) is 4.15. The van der Waals surface area contributed by atoms with E-state index in [0.717, 1.165) is 15.6 Å². The Morgan fingerprint density at radius 2 is 1.73 bits per heavy atom. The van der Waals surface area contributed by atoms with Crippen LogP contribution in [0.5, 0.6) is 0 Å². The summed E-state index contributed by atoms with van der Waals surface area (Å²) >= 11 is 26.3. The van der Waals surface area contributed by atoms with Crippen molar-refractivity contribution in [1.29, 1.82) is 0 Å². The standard InChI is InChI=1S/C24H17Br2Cl3N2O2/c1-33-23(32)21-24(13-25,17-4-2-3-5-18(17)26)22(14-6-8-15(27)9-7-14)31(30-21)20-11-10-16(28)12-19(20)29/h2-12,22H,13H2,1H3. The molecule has 3 aromatic rings. The van der Waals surface area contributed by atoms with E-state index in [2.05, 4.69) is 31.9 Å².